The van der Waals surface area contributed by atoms with Crippen molar-refractivity contribution < 1.29 is 0 Å². The lowest BCUT2D eigenvalue weighted by molar-refractivity contribution is 0.455. The largest absolute Gasteiger partial charge is 0.117 e. The molecule has 1 radical (unpaired) electrons. The normalized spacial score (nSPS) is 26.4. The smallest absolute Gasteiger partial charge is 0.103 e. The number of hydrogen-bond donors (Lipinski definition) is 0. The molecule has 0 N–H and O–H groups in total. The third-order valence-corrected chi connectivity index (χ3v) is 4.11. The standard InChI is InChI=1S/C8H14B.C8H16/c1-3-7-5-2-6-8(4-1)9-7;1-3-5-7-8-6-4-2/h7-8H,1-6H2;3H,1,4-8H2,2H3. The fourth-order valence-electron chi connectivity index (χ4n) is 3.06. The van der Waals surface area contributed by atoms with Gasteiger partial charge in [0, 0.05) is 0 Å². The summed E-state index contributed by atoms with van der Waals surface area (Å²) >= 11 is 0. The Balaban J connectivity index is 0.000000172. The molecule has 2 aliphatic heterocycles. The van der Waals surface area contributed by atoms with Crippen LogP contribution in [-0.2, 0) is 0 Å². The predicted molar refractivity (Wildman–Crippen MR) is 79.9 cm³/mol. The summed E-state index contributed by atoms with van der Waals surface area (Å²) in [7, 11) is 2.62. The Labute approximate surface area is 110 Å². The van der Waals surface area contributed by atoms with E-state index in [-0.39, 0.29) is 0 Å². The van der Waals surface area contributed by atoms with E-state index in [0.717, 1.165) is 11.6 Å². The monoisotopic (exact) mass is 233 g/mol. The van der Waals surface area contributed by atoms with Gasteiger partial charge < -0.3 is 0 Å². The molecule has 0 aliphatic carbocycles. The SMILES string of the molecule is C=CCCCCCC.[B]1C2CCCC1CCC2. The second-order valence-corrected chi connectivity index (χ2v) is 5.71. The summed E-state index contributed by atoms with van der Waals surface area (Å²) in [6, 6.07) is 0. The third-order valence-electron chi connectivity index (χ3n) is 4.11. The molecular weight excluding hydrogens is 203 g/mol. The zero-order valence-electron chi connectivity index (χ0n) is 11.8. The first-order chi connectivity index (χ1) is 8.36. The van der Waals surface area contributed by atoms with Crippen LogP contribution in [0.25, 0.3) is 0 Å². The molecule has 0 amide bonds. The molecule has 0 atom stereocenters. The quantitative estimate of drug-likeness (QED) is 0.321. The average Bonchev–Trinajstić information content (AvgIpc) is 2.36. The minimum absolute atomic E-state index is 1.03. The Morgan fingerprint density at radius 2 is 1.59 bits per heavy atom. The highest BCUT2D eigenvalue weighted by molar-refractivity contribution is 6.40. The lowest BCUT2D eigenvalue weighted by atomic mass is 9.44. The molecule has 2 bridgehead atoms. The van der Waals surface area contributed by atoms with Gasteiger partial charge in [-0.05, 0) is 12.8 Å². The maximum absolute atomic E-state index is 3.66. The Morgan fingerprint density at radius 1 is 1.00 bits per heavy atom. The summed E-state index contributed by atoms with van der Waals surface area (Å²) in [5.74, 6) is 2.05. The summed E-state index contributed by atoms with van der Waals surface area (Å²) in [5, 5.41) is 0. The molecular formula is C16H30B. The number of unbranched alkanes of at least 4 members (excludes halogenated alkanes) is 4. The molecule has 1 heteroatoms. The van der Waals surface area contributed by atoms with E-state index in [4.69, 9.17) is 0 Å². The van der Waals surface area contributed by atoms with Crippen molar-refractivity contribution in [2.45, 2.75) is 89.2 Å². The number of fused-ring (bicyclic) bond motifs is 2. The predicted octanol–water partition coefficient (Wildman–Crippen LogP) is 5.78. The number of allylic oxidation sites excluding steroid dienone is 1. The zero-order chi connectivity index (χ0) is 12.3. The minimum Gasteiger partial charge on any atom is -0.103 e. The van der Waals surface area contributed by atoms with Gasteiger partial charge in [0.1, 0.15) is 7.28 Å². The molecule has 97 valence electrons. The van der Waals surface area contributed by atoms with Crippen molar-refractivity contribution in [2.24, 2.45) is 0 Å². The Morgan fingerprint density at radius 3 is 2.00 bits per heavy atom. The molecule has 0 nitrogen and oxygen atoms in total. The molecule has 17 heavy (non-hydrogen) atoms. The van der Waals surface area contributed by atoms with Crippen LogP contribution in [0.5, 0.6) is 0 Å². The molecule has 0 spiro atoms. The van der Waals surface area contributed by atoms with E-state index in [9.17, 15) is 0 Å². The average molecular weight is 233 g/mol. The lowest BCUT2D eigenvalue weighted by Crippen LogP contribution is -2.21. The first-order valence-electron chi connectivity index (χ1n) is 7.82. The van der Waals surface area contributed by atoms with E-state index in [2.05, 4.69) is 20.8 Å². The second kappa shape index (κ2) is 9.80. The van der Waals surface area contributed by atoms with Crippen molar-refractivity contribution in [3.8, 4) is 0 Å². The van der Waals surface area contributed by atoms with Gasteiger partial charge in [-0.15, -0.1) is 6.58 Å². The van der Waals surface area contributed by atoms with Gasteiger partial charge in [0.05, 0.1) is 0 Å². The van der Waals surface area contributed by atoms with E-state index in [1.54, 1.807) is 0 Å². The van der Waals surface area contributed by atoms with E-state index >= 15 is 0 Å². The molecule has 0 aromatic carbocycles. The van der Waals surface area contributed by atoms with Crippen LogP contribution >= 0.6 is 0 Å². The van der Waals surface area contributed by atoms with Crippen molar-refractivity contribution in [2.75, 3.05) is 0 Å². The molecule has 2 saturated heterocycles. The van der Waals surface area contributed by atoms with Crippen LogP contribution < -0.4 is 0 Å². The second-order valence-electron chi connectivity index (χ2n) is 5.71. The van der Waals surface area contributed by atoms with E-state index in [1.165, 1.54) is 70.6 Å². The molecule has 0 saturated carbocycles. The Kier molecular flexibility index (Phi) is 8.57. The molecule has 0 unspecified atom stereocenters. The first kappa shape index (κ1) is 14.9. The van der Waals surface area contributed by atoms with Gasteiger partial charge >= 0.3 is 0 Å². The lowest BCUT2D eigenvalue weighted by Gasteiger charge is -2.33. The Bertz CT molecular complexity index is 168. The van der Waals surface area contributed by atoms with Crippen molar-refractivity contribution in [3.05, 3.63) is 12.7 Å². The van der Waals surface area contributed by atoms with E-state index in [0.29, 0.717) is 0 Å². The summed E-state index contributed by atoms with van der Waals surface area (Å²) in [6.07, 6.45) is 17.6. The molecule has 2 heterocycles. The summed E-state index contributed by atoms with van der Waals surface area (Å²) < 4.78 is 0. The molecule has 2 fully saturated rings. The summed E-state index contributed by atoms with van der Waals surface area (Å²) in [5.41, 5.74) is 0. The van der Waals surface area contributed by atoms with Crippen LogP contribution in [-0.4, -0.2) is 7.28 Å². The highest BCUT2D eigenvalue weighted by atomic mass is 14.2. The van der Waals surface area contributed by atoms with Crippen LogP contribution in [0.1, 0.15) is 77.6 Å². The number of hydrogen-bond acceptors (Lipinski definition) is 0. The highest BCUT2D eigenvalue weighted by Gasteiger charge is 2.26. The van der Waals surface area contributed by atoms with Gasteiger partial charge in [-0.1, -0.05) is 82.4 Å². The highest BCUT2D eigenvalue weighted by Crippen LogP contribution is 2.40. The zero-order valence-corrected chi connectivity index (χ0v) is 11.8. The maximum atomic E-state index is 3.66. The first-order valence-corrected chi connectivity index (χ1v) is 7.82. The number of rotatable bonds is 5. The molecule has 2 rings (SSSR count). The minimum atomic E-state index is 1.03. The van der Waals surface area contributed by atoms with Crippen molar-refractivity contribution in [1.29, 1.82) is 0 Å². The van der Waals surface area contributed by atoms with Crippen LogP contribution in [0, 0.1) is 0 Å². The van der Waals surface area contributed by atoms with Crippen LogP contribution in [0.3, 0.4) is 0 Å². The van der Waals surface area contributed by atoms with Gasteiger partial charge in [0.2, 0.25) is 0 Å². The fraction of sp³-hybridized carbons (Fsp3) is 0.875. The van der Waals surface area contributed by atoms with Crippen molar-refractivity contribution in [3.63, 3.8) is 0 Å². The molecule has 0 aromatic heterocycles. The molecule has 0 aromatic rings. The van der Waals surface area contributed by atoms with Gasteiger partial charge in [-0.3, -0.25) is 0 Å². The third kappa shape index (κ3) is 6.96. The maximum Gasteiger partial charge on any atom is 0.117 e. The topological polar surface area (TPSA) is 0 Å². The van der Waals surface area contributed by atoms with Crippen molar-refractivity contribution in [1.82, 2.24) is 0 Å². The van der Waals surface area contributed by atoms with Gasteiger partial charge in [0.15, 0.2) is 0 Å². The van der Waals surface area contributed by atoms with Gasteiger partial charge in [-0.25, -0.2) is 0 Å². The summed E-state index contributed by atoms with van der Waals surface area (Å²) in [6.45, 7) is 5.89. The van der Waals surface area contributed by atoms with Crippen molar-refractivity contribution >= 4 is 7.28 Å². The fourth-order valence-corrected chi connectivity index (χ4v) is 3.06. The summed E-state index contributed by atoms with van der Waals surface area (Å²) in [4.78, 5) is 0. The van der Waals surface area contributed by atoms with Gasteiger partial charge in [0.25, 0.3) is 0 Å². The molecule has 2 aliphatic rings. The van der Waals surface area contributed by atoms with Crippen LogP contribution in [0.15, 0.2) is 12.7 Å². The van der Waals surface area contributed by atoms with E-state index < -0.39 is 0 Å². The Hall–Kier alpha value is -0.195. The van der Waals surface area contributed by atoms with Crippen LogP contribution in [0.2, 0.25) is 11.6 Å². The van der Waals surface area contributed by atoms with Gasteiger partial charge in [-0.2, -0.15) is 0 Å². The van der Waals surface area contributed by atoms with E-state index in [1.807, 2.05) is 6.08 Å². The van der Waals surface area contributed by atoms with Crippen LogP contribution in [0.4, 0.5) is 0 Å².